The summed E-state index contributed by atoms with van der Waals surface area (Å²) in [5, 5.41) is 14.2. The zero-order valence-electron chi connectivity index (χ0n) is 9.49. The Labute approximate surface area is 104 Å². The summed E-state index contributed by atoms with van der Waals surface area (Å²) >= 11 is 3.33. The van der Waals surface area contributed by atoms with Crippen LogP contribution in [0.4, 0.5) is 5.00 Å². The maximum absolute atomic E-state index is 9.06. The van der Waals surface area contributed by atoms with E-state index in [1.165, 1.54) is 30.8 Å². The first-order valence-electron chi connectivity index (χ1n) is 5.42. The van der Waals surface area contributed by atoms with Crippen molar-refractivity contribution in [3.05, 3.63) is 11.3 Å². The summed E-state index contributed by atoms with van der Waals surface area (Å²) in [7, 11) is 0. The second kappa shape index (κ2) is 5.07. The second-order valence-corrected chi connectivity index (χ2v) is 5.89. The lowest BCUT2D eigenvalue weighted by Crippen LogP contribution is -2.25. The Bertz CT molecular complexity index is 408. The zero-order valence-corrected chi connectivity index (χ0v) is 11.1. The van der Waals surface area contributed by atoms with Crippen LogP contribution < -0.4 is 5.32 Å². The summed E-state index contributed by atoms with van der Waals surface area (Å²) in [6, 6.07) is 2.73. The fourth-order valence-electron chi connectivity index (χ4n) is 2.14. The van der Waals surface area contributed by atoms with Crippen LogP contribution in [0.2, 0.25) is 0 Å². The lowest BCUT2D eigenvalue weighted by atomic mass is 10.2. The normalized spacial score (nSPS) is 24.3. The van der Waals surface area contributed by atoms with Crippen molar-refractivity contribution in [3.8, 4) is 6.07 Å². The van der Waals surface area contributed by atoms with Gasteiger partial charge in [-0.2, -0.15) is 21.4 Å². The van der Waals surface area contributed by atoms with E-state index >= 15 is 0 Å². The molecular weight excluding hydrogens is 238 g/mol. The number of nitrogens with zero attached hydrogens (tertiary/aromatic N) is 2. The highest BCUT2D eigenvalue weighted by molar-refractivity contribution is 7.99. The van der Waals surface area contributed by atoms with Crippen molar-refractivity contribution in [2.24, 2.45) is 0 Å². The molecule has 1 saturated carbocycles. The molecule has 1 heterocycles. The van der Waals surface area contributed by atoms with Gasteiger partial charge in [0.25, 0.3) is 0 Å². The molecule has 1 fully saturated rings. The van der Waals surface area contributed by atoms with Gasteiger partial charge in [0, 0.05) is 11.3 Å². The monoisotopic (exact) mass is 253 g/mol. The maximum Gasteiger partial charge on any atom is 0.127 e. The smallest absolute Gasteiger partial charge is 0.127 e. The molecule has 0 bridgehead atoms. The predicted molar refractivity (Wildman–Crippen MR) is 70.1 cm³/mol. The molecule has 1 aromatic heterocycles. The molecule has 1 aromatic rings. The third kappa shape index (κ3) is 2.18. The van der Waals surface area contributed by atoms with Crippen LogP contribution in [0.1, 0.15) is 30.5 Å². The third-order valence-corrected chi connectivity index (χ3v) is 5.09. The van der Waals surface area contributed by atoms with Crippen molar-refractivity contribution in [1.29, 1.82) is 5.26 Å². The molecule has 1 aliphatic rings. The number of aromatic nitrogens is 1. The third-order valence-electron chi connectivity index (χ3n) is 3.05. The Kier molecular flexibility index (Phi) is 3.72. The molecule has 5 heteroatoms. The fourth-order valence-corrected chi connectivity index (χ4v) is 3.88. The van der Waals surface area contributed by atoms with E-state index in [4.69, 9.17) is 5.26 Å². The van der Waals surface area contributed by atoms with E-state index in [0.29, 0.717) is 11.3 Å². The minimum atomic E-state index is 0.502. The van der Waals surface area contributed by atoms with E-state index in [1.807, 2.05) is 18.7 Å². The van der Waals surface area contributed by atoms with Crippen LogP contribution in [0.3, 0.4) is 0 Å². The number of nitrogens with one attached hydrogen (secondary N) is 1. The van der Waals surface area contributed by atoms with Crippen molar-refractivity contribution in [2.45, 2.75) is 37.5 Å². The SMILES string of the molecule is CSC1CCCC1Nc1snc(C)c1C#N. The van der Waals surface area contributed by atoms with Crippen LogP contribution >= 0.6 is 23.3 Å². The molecule has 3 nitrogen and oxygen atoms in total. The summed E-state index contributed by atoms with van der Waals surface area (Å²) in [5.41, 5.74) is 1.56. The van der Waals surface area contributed by atoms with Crippen molar-refractivity contribution in [1.82, 2.24) is 4.37 Å². The van der Waals surface area contributed by atoms with Gasteiger partial charge in [0.1, 0.15) is 16.6 Å². The van der Waals surface area contributed by atoms with Crippen molar-refractivity contribution >= 4 is 28.3 Å². The van der Waals surface area contributed by atoms with E-state index in [1.54, 1.807) is 0 Å². The summed E-state index contributed by atoms with van der Waals surface area (Å²) < 4.78 is 4.23. The van der Waals surface area contributed by atoms with E-state index in [0.717, 1.165) is 16.3 Å². The van der Waals surface area contributed by atoms with Crippen molar-refractivity contribution in [2.75, 3.05) is 11.6 Å². The number of hydrogen-bond donors (Lipinski definition) is 1. The number of nitriles is 1. The molecule has 16 heavy (non-hydrogen) atoms. The van der Waals surface area contributed by atoms with Gasteiger partial charge in [0.2, 0.25) is 0 Å². The van der Waals surface area contributed by atoms with Crippen LogP contribution in [0.5, 0.6) is 0 Å². The zero-order chi connectivity index (χ0) is 11.5. The minimum Gasteiger partial charge on any atom is -0.371 e. The second-order valence-electron chi connectivity index (χ2n) is 4.04. The van der Waals surface area contributed by atoms with Crippen LogP contribution in [-0.2, 0) is 0 Å². The molecule has 2 unspecified atom stereocenters. The van der Waals surface area contributed by atoms with Crippen LogP contribution in [-0.4, -0.2) is 21.9 Å². The molecular formula is C11H15N3S2. The van der Waals surface area contributed by atoms with Gasteiger partial charge in [0.15, 0.2) is 0 Å². The average Bonchev–Trinajstić information content (AvgIpc) is 2.86. The van der Waals surface area contributed by atoms with Gasteiger partial charge in [-0.05, 0) is 37.6 Å². The predicted octanol–water partition coefficient (Wildman–Crippen LogP) is 3.02. The van der Waals surface area contributed by atoms with Gasteiger partial charge in [-0.3, -0.25) is 0 Å². The number of aryl methyl sites for hydroxylation is 1. The average molecular weight is 253 g/mol. The highest BCUT2D eigenvalue weighted by Crippen LogP contribution is 2.33. The van der Waals surface area contributed by atoms with Crippen LogP contribution in [0.25, 0.3) is 0 Å². The van der Waals surface area contributed by atoms with E-state index in [2.05, 4.69) is 22.0 Å². The number of anilines is 1. The summed E-state index contributed by atoms with van der Waals surface area (Å²) in [4.78, 5) is 0. The number of rotatable bonds is 3. The van der Waals surface area contributed by atoms with Gasteiger partial charge in [0.05, 0.1) is 5.69 Å². The molecule has 0 saturated heterocycles. The molecule has 0 spiro atoms. The van der Waals surface area contributed by atoms with Gasteiger partial charge in [-0.1, -0.05) is 6.42 Å². The van der Waals surface area contributed by atoms with Gasteiger partial charge < -0.3 is 5.32 Å². The van der Waals surface area contributed by atoms with Crippen LogP contribution in [0.15, 0.2) is 0 Å². The first-order valence-corrected chi connectivity index (χ1v) is 7.48. The Morgan fingerprint density at radius 2 is 2.38 bits per heavy atom. The Morgan fingerprint density at radius 1 is 1.56 bits per heavy atom. The first kappa shape index (κ1) is 11.7. The van der Waals surface area contributed by atoms with Gasteiger partial charge >= 0.3 is 0 Å². The summed E-state index contributed by atoms with van der Waals surface area (Å²) in [5.74, 6) is 0. The highest BCUT2D eigenvalue weighted by Gasteiger charge is 2.27. The number of thioether (sulfide) groups is 1. The summed E-state index contributed by atoms with van der Waals surface area (Å²) in [6.45, 7) is 1.89. The summed E-state index contributed by atoms with van der Waals surface area (Å²) in [6.07, 6.45) is 5.92. The topological polar surface area (TPSA) is 48.7 Å². The Hall–Kier alpha value is -0.730. The van der Waals surface area contributed by atoms with Crippen LogP contribution in [0, 0.1) is 18.3 Å². The standard InChI is InChI=1S/C11H15N3S2/c1-7-8(6-12)11(16-14-7)13-9-4-3-5-10(9)15-2/h9-10,13H,3-5H2,1-2H3. The van der Waals surface area contributed by atoms with E-state index in [9.17, 15) is 0 Å². The molecule has 0 radical (unpaired) electrons. The molecule has 0 amide bonds. The molecule has 0 aliphatic heterocycles. The highest BCUT2D eigenvalue weighted by atomic mass is 32.2. The molecule has 2 rings (SSSR count). The van der Waals surface area contributed by atoms with Gasteiger partial charge in [-0.25, -0.2) is 0 Å². The fraction of sp³-hybridized carbons (Fsp3) is 0.636. The Morgan fingerprint density at radius 3 is 3.06 bits per heavy atom. The minimum absolute atomic E-state index is 0.502. The molecule has 2 atom stereocenters. The van der Waals surface area contributed by atoms with Crippen molar-refractivity contribution < 1.29 is 0 Å². The molecule has 0 aromatic carbocycles. The van der Waals surface area contributed by atoms with Crippen molar-refractivity contribution in [3.63, 3.8) is 0 Å². The molecule has 1 N–H and O–H groups in total. The van der Waals surface area contributed by atoms with E-state index < -0.39 is 0 Å². The van der Waals surface area contributed by atoms with E-state index in [-0.39, 0.29) is 0 Å². The lowest BCUT2D eigenvalue weighted by Gasteiger charge is -2.19. The largest absolute Gasteiger partial charge is 0.371 e. The van der Waals surface area contributed by atoms with Gasteiger partial charge in [-0.15, -0.1) is 0 Å². The molecule has 1 aliphatic carbocycles. The molecule has 86 valence electrons. The number of hydrogen-bond acceptors (Lipinski definition) is 5. The lowest BCUT2D eigenvalue weighted by molar-refractivity contribution is 0.771. The Balaban J connectivity index is 2.12. The first-order chi connectivity index (χ1) is 7.76. The quantitative estimate of drug-likeness (QED) is 0.899. The maximum atomic E-state index is 9.06.